The van der Waals surface area contributed by atoms with Crippen molar-refractivity contribution >= 4 is 51.6 Å². The molecule has 3 heterocycles. The minimum Gasteiger partial charge on any atom is -0.481 e. The molecule has 0 aliphatic carbocycles. The lowest BCUT2D eigenvalue weighted by molar-refractivity contribution is -0.142. The fraction of sp³-hybridized carbons (Fsp3) is 0.500. The van der Waals surface area contributed by atoms with Gasteiger partial charge in [-0.05, 0) is 78.7 Å². The van der Waals surface area contributed by atoms with Crippen LogP contribution in [-0.4, -0.2) is 46.8 Å². The SMILES string of the molecule is Cl.O=C(O)C1CCN(c2ccc(Nc3ncc(Br)c(CCC4CCCO4)n3)cc2)CC1. The van der Waals surface area contributed by atoms with Gasteiger partial charge in [0.1, 0.15) is 0 Å². The summed E-state index contributed by atoms with van der Waals surface area (Å²) in [6, 6.07) is 8.13. The van der Waals surface area contributed by atoms with Gasteiger partial charge in [0.05, 0.1) is 22.2 Å². The molecule has 2 saturated heterocycles. The molecule has 7 nitrogen and oxygen atoms in total. The Morgan fingerprint density at radius 2 is 1.97 bits per heavy atom. The summed E-state index contributed by atoms with van der Waals surface area (Å²) < 4.78 is 6.63. The first-order chi connectivity index (χ1) is 14.6. The van der Waals surface area contributed by atoms with E-state index in [0.717, 1.165) is 66.9 Å². The van der Waals surface area contributed by atoms with Gasteiger partial charge in [0, 0.05) is 37.3 Å². The largest absolute Gasteiger partial charge is 0.481 e. The van der Waals surface area contributed by atoms with Gasteiger partial charge < -0.3 is 20.1 Å². The first-order valence-corrected chi connectivity index (χ1v) is 11.4. The van der Waals surface area contributed by atoms with Crippen LogP contribution in [0, 0.1) is 5.92 Å². The topological polar surface area (TPSA) is 87.6 Å². The number of aryl methyl sites for hydroxylation is 1. The Morgan fingerprint density at radius 3 is 2.61 bits per heavy atom. The fourth-order valence-electron chi connectivity index (χ4n) is 4.08. The monoisotopic (exact) mass is 510 g/mol. The molecule has 1 unspecified atom stereocenters. The molecule has 1 aromatic heterocycles. The molecule has 2 N–H and O–H groups in total. The van der Waals surface area contributed by atoms with E-state index in [4.69, 9.17) is 9.84 Å². The maximum absolute atomic E-state index is 11.1. The number of ether oxygens (including phenoxy) is 1. The normalized spacial score (nSPS) is 19.1. The average molecular weight is 512 g/mol. The molecular formula is C22H28BrClN4O3. The summed E-state index contributed by atoms with van der Waals surface area (Å²) in [5.74, 6) is -0.319. The molecule has 0 saturated carbocycles. The van der Waals surface area contributed by atoms with Gasteiger partial charge in [-0.3, -0.25) is 4.79 Å². The van der Waals surface area contributed by atoms with E-state index in [-0.39, 0.29) is 18.3 Å². The summed E-state index contributed by atoms with van der Waals surface area (Å²) in [6.45, 7) is 2.41. The van der Waals surface area contributed by atoms with Crippen LogP contribution in [0.25, 0.3) is 0 Å². The Labute approximate surface area is 197 Å². The van der Waals surface area contributed by atoms with Gasteiger partial charge in [-0.2, -0.15) is 0 Å². The van der Waals surface area contributed by atoms with E-state index in [2.05, 4.69) is 48.2 Å². The van der Waals surface area contributed by atoms with E-state index in [1.807, 2.05) is 12.1 Å². The molecule has 4 rings (SSSR count). The highest BCUT2D eigenvalue weighted by Crippen LogP contribution is 2.26. The van der Waals surface area contributed by atoms with Crippen molar-refractivity contribution in [3.05, 3.63) is 40.6 Å². The van der Waals surface area contributed by atoms with Crippen LogP contribution in [0.5, 0.6) is 0 Å². The lowest BCUT2D eigenvalue weighted by Crippen LogP contribution is -2.36. The molecule has 0 radical (unpaired) electrons. The number of halogens is 2. The summed E-state index contributed by atoms with van der Waals surface area (Å²) >= 11 is 3.56. The van der Waals surface area contributed by atoms with E-state index in [1.54, 1.807) is 6.20 Å². The van der Waals surface area contributed by atoms with Gasteiger partial charge in [0.2, 0.25) is 5.95 Å². The van der Waals surface area contributed by atoms with Crippen LogP contribution in [-0.2, 0) is 16.0 Å². The summed E-state index contributed by atoms with van der Waals surface area (Å²) in [7, 11) is 0. The Morgan fingerprint density at radius 1 is 1.23 bits per heavy atom. The van der Waals surface area contributed by atoms with Gasteiger partial charge in [0.15, 0.2) is 0 Å². The standard InChI is InChI=1S/C22H27BrN4O3.ClH/c23-19-14-24-22(26-20(19)8-7-18-2-1-13-30-18)25-16-3-5-17(6-4-16)27-11-9-15(10-12-27)21(28)29;/h3-6,14-15,18H,1-2,7-13H2,(H,28,29)(H,24,25,26);1H. The van der Waals surface area contributed by atoms with E-state index >= 15 is 0 Å². The van der Waals surface area contributed by atoms with Crippen molar-refractivity contribution in [3.63, 3.8) is 0 Å². The quantitative estimate of drug-likeness (QED) is 0.551. The molecule has 2 fully saturated rings. The van der Waals surface area contributed by atoms with Crippen LogP contribution < -0.4 is 10.2 Å². The predicted molar refractivity (Wildman–Crippen MR) is 127 cm³/mol. The number of benzene rings is 1. The number of aliphatic carboxylic acids is 1. The van der Waals surface area contributed by atoms with Gasteiger partial charge >= 0.3 is 5.97 Å². The number of hydrogen-bond acceptors (Lipinski definition) is 6. The lowest BCUT2D eigenvalue weighted by Gasteiger charge is -2.32. The molecule has 168 valence electrons. The number of nitrogens with one attached hydrogen (secondary N) is 1. The third-order valence-electron chi connectivity index (χ3n) is 5.88. The van der Waals surface area contributed by atoms with Crippen molar-refractivity contribution < 1.29 is 14.6 Å². The van der Waals surface area contributed by atoms with Crippen LogP contribution >= 0.6 is 28.3 Å². The zero-order chi connectivity index (χ0) is 20.9. The summed E-state index contributed by atoms with van der Waals surface area (Å²) in [6.07, 6.45) is 7.63. The highest BCUT2D eigenvalue weighted by Gasteiger charge is 2.24. The van der Waals surface area contributed by atoms with E-state index in [9.17, 15) is 4.79 Å². The minimum atomic E-state index is -0.682. The van der Waals surface area contributed by atoms with Crippen molar-refractivity contribution in [1.29, 1.82) is 0 Å². The van der Waals surface area contributed by atoms with Crippen molar-refractivity contribution in [2.24, 2.45) is 5.92 Å². The Bertz CT molecular complexity index is 870. The van der Waals surface area contributed by atoms with E-state index < -0.39 is 5.97 Å². The maximum atomic E-state index is 11.1. The predicted octanol–water partition coefficient (Wildman–Crippen LogP) is 4.82. The summed E-state index contributed by atoms with van der Waals surface area (Å²) in [5, 5.41) is 12.4. The zero-order valence-electron chi connectivity index (χ0n) is 17.3. The zero-order valence-corrected chi connectivity index (χ0v) is 19.7. The number of carbonyl (C=O) groups is 1. The average Bonchev–Trinajstić information content (AvgIpc) is 3.28. The molecule has 31 heavy (non-hydrogen) atoms. The molecule has 1 aromatic carbocycles. The molecule has 2 aromatic rings. The number of anilines is 3. The van der Waals surface area contributed by atoms with E-state index in [0.29, 0.717) is 24.9 Å². The van der Waals surface area contributed by atoms with E-state index in [1.165, 1.54) is 0 Å². The Balaban J connectivity index is 0.00000272. The van der Waals surface area contributed by atoms with Crippen LogP contribution in [0.1, 0.15) is 37.8 Å². The molecule has 1 atom stereocenters. The van der Waals surface area contributed by atoms with Crippen molar-refractivity contribution in [3.8, 4) is 0 Å². The van der Waals surface area contributed by atoms with Gasteiger partial charge in [-0.15, -0.1) is 12.4 Å². The second-order valence-corrected chi connectivity index (χ2v) is 8.79. The van der Waals surface area contributed by atoms with Crippen LogP contribution in [0.3, 0.4) is 0 Å². The lowest BCUT2D eigenvalue weighted by atomic mass is 9.97. The third-order valence-corrected chi connectivity index (χ3v) is 6.54. The Hall–Kier alpha value is -1.90. The smallest absolute Gasteiger partial charge is 0.306 e. The maximum Gasteiger partial charge on any atom is 0.306 e. The number of nitrogens with zero attached hydrogens (tertiary/aromatic N) is 3. The first-order valence-electron chi connectivity index (χ1n) is 10.6. The first kappa shape index (κ1) is 23.8. The Kier molecular flexibility index (Phi) is 8.51. The number of rotatable bonds is 7. The molecule has 0 spiro atoms. The molecule has 2 aliphatic heterocycles. The van der Waals surface area contributed by atoms with Gasteiger partial charge in [-0.1, -0.05) is 0 Å². The van der Waals surface area contributed by atoms with Crippen LogP contribution in [0.2, 0.25) is 0 Å². The fourth-order valence-corrected chi connectivity index (χ4v) is 4.47. The molecular weight excluding hydrogens is 484 g/mol. The molecule has 0 bridgehead atoms. The molecule has 2 aliphatic rings. The number of piperidine rings is 1. The van der Waals surface area contributed by atoms with Crippen LogP contribution in [0.15, 0.2) is 34.9 Å². The highest BCUT2D eigenvalue weighted by atomic mass is 79.9. The number of hydrogen-bond donors (Lipinski definition) is 2. The number of carboxylic acids is 1. The summed E-state index contributed by atoms with van der Waals surface area (Å²) in [5.41, 5.74) is 3.02. The highest BCUT2D eigenvalue weighted by molar-refractivity contribution is 9.10. The van der Waals surface area contributed by atoms with Gasteiger partial charge in [0.25, 0.3) is 0 Å². The van der Waals surface area contributed by atoms with Gasteiger partial charge in [-0.25, -0.2) is 9.97 Å². The number of aromatic nitrogens is 2. The molecule has 0 amide bonds. The van der Waals surface area contributed by atoms with Crippen LogP contribution in [0.4, 0.5) is 17.3 Å². The molecule has 9 heteroatoms. The second kappa shape index (κ2) is 11.1. The minimum absolute atomic E-state index is 0. The third kappa shape index (κ3) is 6.30. The van der Waals surface area contributed by atoms with Crippen molar-refractivity contribution in [2.75, 3.05) is 29.9 Å². The second-order valence-electron chi connectivity index (χ2n) is 7.93. The van der Waals surface area contributed by atoms with Crippen molar-refractivity contribution in [1.82, 2.24) is 9.97 Å². The summed E-state index contributed by atoms with van der Waals surface area (Å²) in [4.78, 5) is 22.4. The number of carboxylic acid groups (broad SMARTS) is 1. The van der Waals surface area contributed by atoms with Crippen molar-refractivity contribution in [2.45, 2.75) is 44.6 Å².